The first kappa shape index (κ1) is 17.9. The number of amides is 3. The summed E-state index contributed by atoms with van der Waals surface area (Å²) in [7, 11) is -4.83. The summed E-state index contributed by atoms with van der Waals surface area (Å²) in [5.74, 6) is -0.462. The Morgan fingerprint density at radius 3 is 2.65 bits per heavy atom. The largest absolute Gasteiger partial charge is 0.418 e. The summed E-state index contributed by atoms with van der Waals surface area (Å²) >= 11 is 0. The molecule has 26 heavy (non-hydrogen) atoms. The third-order valence-corrected chi connectivity index (χ3v) is 6.30. The van der Waals surface area contributed by atoms with E-state index in [2.05, 4.69) is 9.76 Å². The van der Waals surface area contributed by atoms with Crippen molar-refractivity contribution < 1.29 is 31.7 Å². The van der Waals surface area contributed by atoms with Crippen LogP contribution in [-0.4, -0.2) is 65.6 Å². The van der Waals surface area contributed by atoms with Crippen LogP contribution in [0.25, 0.3) is 0 Å². The Hall–Kier alpha value is -1.47. The number of carbonyl (C=O) groups excluding carboxylic acids is 2. The molecule has 0 aromatic carbocycles. The van der Waals surface area contributed by atoms with Gasteiger partial charge in [-0.15, -0.1) is 4.28 Å². The van der Waals surface area contributed by atoms with Crippen LogP contribution in [0.15, 0.2) is 0 Å². The van der Waals surface area contributed by atoms with Gasteiger partial charge in [0.05, 0.1) is 6.04 Å². The SMILES string of the molecule is NC1CCCC1ONC(=O)[C@@H]1CC2(CC2)[C@@H]2CN1C(=O)N2OS(=O)(=O)O. The number of nitrogens with one attached hydrogen (secondary N) is 1. The van der Waals surface area contributed by atoms with Gasteiger partial charge in [0.25, 0.3) is 5.91 Å². The first-order chi connectivity index (χ1) is 12.2. The zero-order valence-electron chi connectivity index (χ0n) is 14.0. The summed E-state index contributed by atoms with van der Waals surface area (Å²) in [6.07, 6.45) is 4.17. The van der Waals surface area contributed by atoms with Gasteiger partial charge in [-0.1, -0.05) is 0 Å². The standard InChI is InChI=1S/C14H22N4O7S/c15-8-2-1-3-10(8)24-16-12(19)9-6-14(4-5-14)11-7-17(9)13(20)18(11)25-26(21,22)23/h8-11H,1-7,15H2,(H,16,19)(H,21,22,23)/t8?,9-,10?,11-/m0/s1. The summed E-state index contributed by atoms with van der Waals surface area (Å²) in [6, 6.07) is -2.18. The lowest BCUT2D eigenvalue weighted by Crippen LogP contribution is -2.53. The lowest BCUT2D eigenvalue weighted by atomic mass is 9.85. The van der Waals surface area contributed by atoms with E-state index in [1.165, 1.54) is 4.90 Å². The summed E-state index contributed by atoms with van der Waals surface area (Å²) in [5, 5.41) is 0.684. The molecule has 0 aromatic heterocycles. The minimum atomic E-state index is -4.83. The average Bonchev–Trinajstić information content (AvgIpc) is 3.12. The van der Waals surface area contributed by atoms with Crippen molar-refractivity contribution in [3.63, 3.8) is 0 Å². The second-order valence-electron chi connectivity index (χ2n) is 7.58. The highest BCUT2D eigenvalue weighted by atomic mass is 32.3. The fourth-order valence-electron chi connectivity index (χ4n) is 4.35. The van der Waals surface area contributed by atoms with Crippen LogP contribution in [0, 0.1) is 5.41 Å². The molecule has 146 valence electrons. The van der Waals surface area contributed by atoms with Crippen molar-refractivity contribution in [2.45, 2.75) is 62.8 Å². The second kappa shape index (κ2) is 6.02. The molecular formula is C14H22N4O7S. The van der Waals surface area contributed by atoms with Gasteiger partial charge in [0.15, 0.2) is 0 Å². The molecule has 0 radical (unpaired) electrons. The number of nitrogens with zero attached hydrogens (tertiary/aromatic N) is 2. The van der Waals surface area contributed by atoms with Gasteiger partial charge in [-0.25, -0.2) is 10.3 Å². The molecule has 12 heteroatoms. The summed E-state index contributed by atoms with van der Waals surface area (Å²) in [5.41, 5.74) is 7.95. The Morgan fingerprint density at radius 1 is 1.35 bits per heavy atom. The van der Waals surface area contributed by atoms with Gasteiger partial charge in [0, 0.05) is 12.6 Å². The van der Waals surface area contributed by atoms with Gasteiger partial charge in [0.2, 0.25) is 0 Å². The van der Waals surface area contributed by atoms with Crippen molar-refractivity contribution in [3.8, 4) is 0 Å². The number of nitrogens with two attached hydrogens (primary N) is 1. The van der Waals surface area contributed by atoms with Crippen LogP contribution < -0.4 is 11.2 Å². The molecule has 2 saturated carbocycles. The van der Waals surface area contributed by atoms with Crippen LogP contribution >= 0.6 is 0 Å². The molecule has 2 unspecified atom stereocenters. The second-order valence-corrected chi connectivity index (χ2v) is 8.58. The Bertz CT molecular complexity index is 725. The van der Waals surface area contributed by atoms with Gasteiger partial charge >= 0.3 is 16.4 Å². The van der Waals surface area contributed by atoms with Crippen LogP contribution in [0.3, 0.4) is 0 Å². The van der Waals surface area contributed by atoms with E-state index < -0.39 is 34.4 Å². The quantitative estimate of drug-likeness (QED) is 0.412. The van der Waals surface area contributed by atoms with Crippen molar-refractivity contribution >= 4 is 22.3 Å². The van der Waals surface area contributed by atoms with Crippen LogP contribution in [0.2, 0.25) is 0 Å². The number of hydroxylamine groups is 3. The molecule has 2 heterocycles. The number of hydrogen-bond donors (Lipinski definition) is 3. The molecule has 11 nitrogen and oxygen atoms in total. The predicted molar refractivity (Wildman–Crippen MR) is 85.3 cm³/mol. The summed E-state index contributed by atoms with van der Waals surface area (Å²) in [4.78, 5) is 31.8. The van der Waals surface area contributed by atoms with E-state index in [0.29, 0.717) is 11.5 Å². The number of hydrogen-bond acceptors (Lipinski definition) is 7. The smallest absolute Gasteiger partial charge is 0.325 e. The number of rotatable bonds is 5. The molecule has 4 rings (SSSR count). The van der Waals surface area contributed by atoms with Gasteiger partial charge in [0.1, 0.15) is 12.1 Å². The Balaban J connectivity index is 1.47. The summed E-state index contributed by atoms with van der Waals surface area (Å²) in [6.45, 7) is 0.162. The Kier molecular flexibility index (Phi) is 4.15. The highest BCUT2D eigenvalue weighted by Crippen LogP contribution is 2.59. The lowest BCUT2D eigenvalue weighted by Gasteiger charge is -2.35. The monoisotopic (exact) mass is 390 g/mol. The minimum Gasteiger partial charge on any atom is -0.325 e. The first-order valence-corrected chi connectivity index (χ1v) is 10.0. The zero-order valence-corrected chi connectivity index (χ0v) is 14.9. The van der Waals surface area contributed by atoms with E-state index in [4.69, 9.17) is 15.1 Å². The van der Waals surface area contributed by atoms with Gasteiger partial charge < -0.3 is 10.6 Å². The first-order valence-electron chi connectivity index (χ1n) is 8.68. The number of urea groups is 1. The number of fused-ring (bicyclic) bond motifs is 3. The molecule has 0 aromatic rings. The molecule has 2 saturated heterocycles. The molecule has 4 fully saturated rings. The number of carbonyl (C=O) groups is 2. The maximum atomic E-state index is 12.6. The molecule has 3 amide bonds. The third kappa shape index (κ3) is 3.05. The van der Waals surface area contributed by atoms with Crippen LogP contribution in [0.5, 0.6) is 0 Å². The average molecular weight is 390 g/mol. The normalized spacial score (nSPS) is 35.2. The highest BCUT2D eigenvalue weighted by Gasteiger charge is 2.65. The predicted octanol–water partition coefficient (Wildman–Crippen LogP) is -0.693. The highest BCUT2D eigenvalue weighted by molar-refractivity contribution is 7.80. The van der Waals surface area contributed by atoms with Gasteiger partial charge in [-0.05, 0) is 43.9 Å². The van der Waals surface area contributed by atoms with E-state index >= 15 is 0 Å². The van der Waals surface area contributed by atoms with E-state index in [9.17, 15) is 18.0 Å². The fourth-order valence-corrected chi connectivity index (χ4v) is 4.72. The van der Waals surface area contributed by atoms with E-state index in [1.54, 1.807) is 0 Å². The van der Waals surface area contributed by atoms with Gasteiger partial charge in [-0.3, -0.25) is 14.2 Å². The zero-order chi connectivity index (χ0) is 18.7. The maximum absolute atomic E-state index is 12.6. The van der Waals surface area contributed by atoms with Crippen LogP contribution in [0.1, 0.15) is 38.5 Å². The fraction of sp³-hybridized carbons (Fsp3) is 0.857. The van der Waals surface area contributed by atoms with Gasteiger partial charge in [-0.2, -0.15) is 13.5 Å². The number of piperidine rings is 1. The van der Waals surface area contributed by atoms with Crippen molar-refractivity contribution in [3.05, 3.63) is 0 Å². The van der Waals surface area contributed by atoms with E-state index in [0.717, 1.165) is 32.1 Å². The maximum Gasteiger partial charge on any atom is 0.418 e. The van der Waals surface area contributed by atoms with Crippen molar-refractivity contribution in [2.75, 3.05) is 6.54 Å². The molecule has 2 bridgehead atoms. The van der Waals surface area contributed by atoms with Crippen LogP contribution in [0.4, 0.5) is 4.79 Å². The molecule has 2 aliphatic carbocycles. The molecule has 2 aliphatic heterocycles. The van der Waals surface area contributed by atoms with Crippen molar-refractivity contribution in [1.82, 2.24) is 15.4 Å². The third-order valence-electron chi connectivity index (χ3n) is 5.95. The topological polar surface area (TPSA) is 151 Å². The van der Waals surface area contributed by atoms with E-state index in [1.807, 2.05) is 0 Å². The van der Waals surface area contributed by atoms with Crippen molar-refractivity contribution in [2.24, 2.45) is 11.1 Å². The van der Waals surface area contributed by atoms with E-state index in [-0.39, 0.29) is 24.1 Å². The minimum absolute atomic E-state index is 0.132. The molecule has 1 spiro atoms. The molecule has 4 atom stereocenters. The van der Waals surface area contributed by atoms with Crippen molar-refractivity contribution in [1.29, 1.82) is 0 Å². The Labute approximate surface area is 150 Å². The summed E-state index contributed by atoms with van der Waals surface area (Å²) < 4.78 is 35.5. The lowest BCUT2D eigenvalue weighted by molar-refractivity contribution is -0.145. The van der Waals surface area contributed by atoms with Crippen LogP contribution in [-0.2, 0) is 24.3 Å². The molecule has 4 N–H and O–H groups in total. The molecular weight excluding hydrogens is 368 g/mol. The Morgan fingerprint density at radius 2 is 2.08 bits per heavy atom. The molecule has 4 aliphatic rings.